The summed E-state index contributed by atoms with van der Waals surface area (Å²) in [6, 6.07) is 6.25. The first-order chi connectivity index (χ1) is 11.2. The fourth-order valence-electron chi connectivity index (χ4n) is 2.97. The quantitative estimate of drug-likeness (QED) is 0.742. The monoisotopic (exact) mass is 334 g/mol. The second kappa shape index (κ2) is 7.12. The van der Waals surface area contributed by atoms with E-state index in [-0.39, 0.29) is 18.6 Å². The number of aliphatic hydroxyl groups excluding tert-OH is 1. The average molecular weight is 334 g/mol. The van der Waals surface area contributed by atoms with E-state index in [4.69, 9.17) is 11.5 Å². The third kappa shape index (κ3) is 3.90. The predicted molar refractivity (Wildman–Crippen MR) is 93.3 cm³/mol. The summed E-state index contributed by atoms with van der Waals surface area (Å²) in [6.45, 7) is 3.65. The van der Waals surface area contributed by atoms with Gasteiger partial charge in [0.05, 0.1) is 0 Å². The lowest BCUT2D eigenvalue weighted by Gasteiger charge is -2.41. The number of piperazine rings is 1. The predicted octanol–water partition coefficient (Wildman–Crippen LogP) is 0.776. The smallest absolute Gasteiger partial charge is 0.223 e. The third-order valence-corrected chi connectivity index (χ3v) is 4.94. The molecule has 0 aromatic carbocycles. The molecule has 0 aliphatic carbocycles. The highest BCUT2D eigenvalue weighted by atomic mass is 32.1. The van der Waals surface area contributed by atoms with E-state index in [1.165, 1.54) is 4.88 Å². The SMILES string of the molecule is Nc1cc(N2CCN(Cc3cccs3)C(CCO)C2)nc(N)n1. The highest BCUT2D eigenvalue weighted by molar-refractivity contribution is 7.09. The summed E-state index contributed by atoms with van der Waals surface area (Å²) in [5.74, 6) is 1.33. The van der Waals surface area contributed by atoms with Crippen molar-refractivity contribution in [2.75, 3.05) is 42.6 Å². The van der Waals surface area contributed by atoms with Crippen LogP contribution in [0.2, 0.25) is 0 Å². The van der Waals surface area contributed by atoms with Crippen molar-refractivity contribution in [2.24, 2.45) is 0 Å². The van der Waals surface area contributed by atoms with Crippen molar-refractivity contribution in [3.05, 3.63) is 28.5 Å². The molecular weight excluding hydrogens is 312 g/mol. The minimum absolute atomic E-state index is 0.174. The van der Waals surface area contributed by atoms with Crippen molar-refractivity contribution in [3.63, 3.8) is 0 Å². The van der Waals surface area contributed by atoms with Gasteiger partial charge in [0.1, 0.15) is 11.6 Å². The number of hydrogen-bond acceptors (Lipinski definition) is 8. The van der Waals surface area contributed by atoms with E-state index in [2.05, 4.69) is 37.3 Å². The second-order valence-electron chi connectivity index (χ2n) is 5.67. The summed E-state index contributed by atoms with van der Waals surface area (Å²) in [5.41, 5.74) is 11.5. The Hall–Kier alpha value is -1.90. The maximum absolute atomic E-state index is 9.40. The topological polar surface area (TPSA) is 105 Å². The lowest BCUT2D eigenvalue weighted by Crippen LogP contribution is -2.53. The molecule has 0 amide bonds. The molecule has 0 radical (unpaired) electrons. The number of nitrogens with zero attached hydrogens (tertiary/aromatic N) is 4. The molecule has 1 unspecified atom stereocenters. The average Bonchev–Trinajstić information content (AvgIpc) is 3.01. The van der Waals surface area contributed by atoms with Crippen LogP contribution in [-0.2, 0) is 6.54 Å². The molecule has 1 fully saturated rings. The molecule has 1 aliphatic rings. The summed E-state index contributed by atoms with van der Waals surface area (Å²) < 4.78 is 0. The first-order valence-electron chi connectivity index (χ1n) is 7.68. The standard InChI is InChI=1S/C15H22N6OS/c16-13-8-14(19-15(17)18-13)21-5-4-20(11(9-21)3-6-22)10-12-2-1-7-23-12/h1-2,7-8,11,22H,3-6,9-10H2,(H4,16,17,18,19). The van der Waals surface area contributed by atoms with Gasteiger partial charge in [-0.05, 0) is 17.9 Å². The number of rotatable bonds is 5. The lowest BCUT2D eigenvalue weighted by molar-refractivity contribution is 0.136. The van der Waals surface area contributed by atoms with Gasteiger partial charge in [-0.3, -0.25) is 4.90 Å². The lowest BCUT2D eigenvalue weighted by atomic mass is 10.1. The van der Waals surface area contributed by atoms with Crippen LogP contribution in [0.5, 0.6) is 0 Å². The number of aromatic nitrogens is 2. The van der Waals surface area contributed by atoms with Crippen molar-refractivity contribution in [2.45, 2.75) is 19.0 Å². The van der Waals surface area contributed by atoms with Crippen molar-refractivity contribution < 1.29 is 5.11 Å². The van der Waals surface area contributed by atoms with Gasteiger partial charge in [0.15, 0.2) is 0 Å². The zero-order valence-electron chi connectivity index (χ0n) is 12.9. The van der Waals surface area contributed by atoms with Crippen LogP contribution in [-0.4, -0.2) is 52.3 Å². The summed E-state index contributed by atoms with van der Waals surface area (Å²) in [7, 11) is 0. The maximum Gasteiger partial charge on any atom is 0.223 e. The Labute approximate surface area is 139 Å². The first-order valence-corrected chi connectivity index (χ1v) is 8.56. The number of nitrogens with two attached hydrogens (primary N) is 2. The molecule has 3 rings (SSSR count). The van der Waals surface area contributed by atoms with Crippen LogP contribution >= 0.6 is 11.3 Å². The Kier molecular flexibility index (Phi) is 4.94. The summed E-state index contributed by atoms with van der Waals surface area (Å²) in [4.78, 5) is 14.1. The molecular formula is C15H22N6OS. The van der Waals surface area contributed by atoms with E-state index in [1.807, 2.05) is 0 Å². The number of nitrogen functional groups attached to an aromatic ring is 2. The van der Waals surface area contributed by atoms with Gasteiger partial charge in [-0.15, -0.1) is 11.3 Å². The van der Waals surface area contributed by atoms with Gasteiger partial charge in [-0.1, -0.05) is 6.07 Å². The zero-order valence-corrected chi connectivity index (χ0v) is 13.7. The van der Waals surface area contributed by atoms with E-state index >= 15 is 0 Å². The van der Waals surface area contributed by atoms with Gasteiger partial charge in [-0.2, -0.15) is 9.97 Å². The summed E-state index contributed by atoms with van der Waals surface area (Å²) in [6.07, 6.45) is 0.734. The molecule has 7 nitrogen and oxygen atoms in total. The molecule has 0 spiro atoms. The largest absolute Gasteiger partial charge is 0.396 e. The second-order valence-corrected chi connectivity index (χ2v) is 6.70. The molecule has 2 aromatic rings. The van der Waals surface area contributed by atoms with Crippen LogP contribution in [0, 0.1) is 0 Å². The van der Waals surface area contributed by atoms with Crippen molar-refractivity contribution in [1.29, 1.82) is 0 Å². The minimum atomic E-state index is 0.174. The van der Waals surface area contributed by atoms with E-state index in [1.54, 1.807) is 17.4 Å². The van der Waals surface area contributed by atoms with Crippen LogP contribution < -0.4 is 16.4 Å². The maximum atomic E-state index is 9.40. The Morgan fingerprint density at radius 2 is 2.17 bits per heavy atom. The first kappa shape index (κ1) is 16.0. The van der Waals surface area contributed by atoms with Crippen LogP contribution in [0.25, 0.3) is 0 Å². The Morgan fingerprint density at radius 3 is 2.87 bits per heavy atom. The molecule has 8 heteroatoms. The normalized spacial score (nSPS) is 19.2. The van der Waals surface area contributed by atoms with Gasteiger partial charge in [0, 0.05) is 49.8 Å². The molecule has 2 aromatic heterocycles. The Bertz CT molecular complexity index is 615. The number of thiophene rings is 1. The van der Waals surface area contributed by atoms with Crippen molar-refractivity contribution in [3.8, 4) is 0 Å². The fourth-order valence-corrected chi connectivity index (χ4v) is 3.70. The molecule has 0 bridgehead atoms. The summed E-state index contributed by atoms with van der Waals surface area (Å²) in [5, 5.41) is 11.5. The van der Waals surface area contributed by atoms with Gasteiger partial charge in [0.2, 0.25) is 5.95 Å². The van der Waals surface area contributed by atoms with Gasteiger partial charge >= 0.3 is 0 Å². The van der Waals surface area contributed by atoms with E-state index < -0.39 is 0 Å². The molecule has 23 heavy (non-hydrogen) atoms. The zero-order chi connectivity index (χ0) is 16.2. The molecule has 124 valence electrons. The van der Waals surface area contributed by atoms with E-state index in [0.29, 0.717) is 5.82 Å². The third-order valence-electron chi connectivity index (χ3n) is 4.08. The highest BCUT2D eigenvalue weighted by Crippen LogP contribution is 2.23. The Balaban J connectivity index is 1.72. The number of aliphatic hydroxyl groups is 1. The molecule has 1 atom stereocenters. The van der Waals surface area contributed by atoms with Crippen LogP contribution in [0.15, 0.2) is 23.6 Å². The molecule has 1 saturated heterocycles. The molecule has 1 aliphatic heterocycles. The molecule has 3 heterocycles. The number of hydrogen-bond donors (Lipinski definition) is 3. The summed E-state index contributed by atoms with van der Waals surface area (Å²) >= 11 is 1.77. The molecule has 0 saturated carbocycles. The fraction of sp³-hybridized carbons (Fsp3) is 0.467. The van der Waals surface area contributed by atoms with Gasteiger partial charge in [-0.25, -0.2) is 0 Å². The van der Waals surface area contributed by atoms with E-state index in [0.717, 1.165) is 38.4 Å². The Morgan fingerprint density at radius 1 is 1.30 bits per heavy atom. The van der Waals surface area contributed by atoms with Gasteiger partial charge in [0.25, 0.3) is 0 Å². The van der Waals surface area contributed by atoms with Crippen LogP contribution in [0.3, 0.4) is 0 Å². The van der Waals surface area contributed by atoms with E-state index in [9.17, 15) is 5.11 Å². The van der Waals surface area contributed by atoms with Crippen molar-refractivity contribution >= 4 is 28.9 Å². The number of anilines is 3. The van der Waals surface area contributed by atoms with Crippen molar-refractivity contribution in [1.82, 2.24) is 14.9 Å². The van der Waals surface area contributed by atoms with Crippen LogP contribution in [0.4, 0.5) is 17.6 Å². The molecule has 5 N–H and O–H groups in total. The van der Waals surface area contributed by atoms with Crippen LogP contribution in [0.1, 0.15) is 11.3 Å². The van der Waals surface area contributed by atoms with Gasteiger partial charge < -0.3 is 21.5 Å². The minimum Gasteiger partial charge on any atom is -0.396 e. The highest BCUT2D eigenvalue weighted by Gasteiger charge is 2.27.